The second-order valence-corrected chi connectivity index (χ2v) is 2.97. The van der Waals surface area contributed by atoms with Crippen LogP contribution in [0.5, 0.6) is 0 Å². The largest absolute Gasteiger partial charge is 0.132 e. The molecule has 37 valence electrons. The zero-order valence-electron chi connectivity index (χ0n) is 3.97. The van der Waals surface area contributed by atoms with E-state index in [1.807, 2.05) is 18.4 Å². The smallest absolute Gasteiger partial charge is 0.0928 e. The molecule has 0 bridgehead atoms. The van der Waals surface area contributed by atoms with Crippen molar-refractivity contribution in [1.29, 1.82) is 0 Å². The summed E-state index contributed by atoms with van der Waals surface area (Å²) in [6.45, 7) is 2.03. The lowest BCUT2D eigenvalue weighted by atomic mass is 10.4. The summed E-state index contributed by atoms with van der Waals surface area (Å²) >= 11 is 6.52. The average molecular weight is 129 g/mol. The minimum atomic E-state index is 1.01. The van der Waals surface area contributed by atoms with Crippen molar-refractivity contribution in [2.45, 2.75) is 11.1 Å². The topological polar surface area (TPSA) is 0 Å². The fourth-order valence-corrected chi connectivity index (χ4v) is 1.24. The highest BCUT2D eigenvalue weighted by Gasteiger charge is 1.89. The van der Waals surface area contributed by atoms with Crippen LogP contribution in [-0.4, -0.2) is 0 Å². The van der Waals surface area contributed by atoms with Crippen molar-refractivity contribution < 1.29 is 0 Å². The van der Waals surface area contributed by atoms with E-state index in [4.69, 9.17) is 12.6 Å². The maximum atomic E-state index is 4.91. The Kier molecular flexibility index (Phi) is 1.30. The van der Waals surface area contributed by atoms with Gasteiger partial charge in [-0.1, -0.05) is 12.6 Å². The Labute approximate surface area is 52.6 Å². The third kappa shape index (κ3) is 0.924. The van der Waals surface area contributed by atoms with Gasteiger partial charge < -0.3 is 0 Å². The predicted molar refractivity (Wildman–Crippen MR) is 34.9 cm³/mol. The summed E-state index contributed by atoms with van der Waals surface area (Å²) in [5, 5.41) is 2.01. The summed E-state index contributed by atoms with van der Waals surface area (Å²) < 4.78 is 1.01. The van der Waals surface area contributed by atoms with Crippen LogP contribution in [0.3, 0.4) is 0 Å². The standard InChI is InChI=1S/C5H5S2/c1-4-2-3-7-5(4)6/h2-3H,1H3. The van der Waals surface area contributed by atoms with Gasteiger partial charge in [-0.25, -0.2) is 0 Å². The van der Waals surface area contributed by atoms with Crippen LogP contribution in [0.15, 0.2) is 15.7 Å². The van der Waals surface area contributed by atoms with Gasteiger partial charge >= 0.3 is 0 Å². The van der Waals surface area contributed by atoms with Crippen molar-refractivity contribution in [3.05, 3.63) is 17.0 Å². The first kappa shape index (κ1) is 5.06. The first-order valence-corrected chi connectivity index (χ1v) is 3.30. The third-order valence-corrected chi connectivity index (χ3v) is 2.23. The Balaban J connectivity index is 3.12. The Morgan fingerprint density at radius 1 is 1.71 bits per heavy atom. The highest BCUT2D eigenvalue weighted by Crippen LogP contribution is 2.18. The van der Waals surface area contributed by atoms with Crippen LogP contribution in [0.4, 0.5) is 0 Å². The molecule has 1 radical (unpaired) electrons. The minimum Gasteiger partial charge on any atom is -0.132 e. The molecule has 0 saturated carbocycles. The van der Waals surface area contributed by atoms with E-state index in [9.17, 15) is 0 Å². The van der Waals surface area contributed by atoms with Gasteiger partial charge in [-0.05, 0) is 23.9 Å². The molecular weight excluding hydrogens is 124 g/mol. The zero-order chi connectivity index (χ0) is 5.28. The molecule has 0 unspecified atom stereocenters. The van der Waals surface area contributed by atoms with Gasteiger partial charge in [0.1, 0.15) is 0 Å². The van der Waals surface area contributed by atoms with Crippen LogP contribution in [-0.2, 0) is 0 Å². The zero-order valence-corrected chi connectivity index (χ0v) is 5.60. The summed E-state index contributed by atoms with van der Waals surface area (Å²) in [7, 11) is 0. The molecule has 1 aromatic rings. The van der Waals surface area contributed by atoms with Crippen molar-refractivity contribution >= 4 is 24.0 Å². The Morgan fingerprint density at radius 3 is 2.57 bits per heavy atom. The van der Waals surface area contributed by atoms with Gasteiger partial charge in [-0.2, -0.15) is 0 Å². The molecule has 0 spiro atoms. The van der Waals surface area contributed by atoms with E-state index in [-0.39, 0.29) is 0 Å². The Bertz CT molecular complexity index is 138. The summed E-state index contributed by atoms with van der Waals surface area (Å²) in [6, 6.07) is 2.03. The van der Waals surface area contributed by atoms with E-state index in [0.29, 0.717) is 0 Å². The molecule has 0 aliphatic rings. The lowest BCUT2D eigenvalue weighted by molar-refractivity contribution is 1.44. The number of hydrogen-bond acceptors (Lipinski definition) is 1. The molecule has 1 heterocycles. The van der Waals surface area contributed by atoms with Crippen LogP contribution >= 0.6 is 24.0 Å². The molecule has 1 rings (SSSR count). The van der Waals surface area contributed by atoms with Gasteiger partial charge in [0.05, 0.1) is 4.21 Å². The Morgan fingerprint density at radius 2 is 2.43 bits per heavy atom. The van der Waals surface area contributed by atoms with E-state index < -0.39 is 0 Å². The van der Waals surface area contributed by atoms with Gasteiger partial charge in [0.2, 0.25) is 0 Å². The van der Waals surface area contributed by atoms with E-state index in [0.717, 1.165) is 4.21 Å². The normalized spacial score (nSPS) is 9.29. The first-order valence-electron chi connectivity index (χ1n) is 2.02. The van der Waals surface area contributed by atoms with Crippen LogP contribution < -0.4 is 0 Å². The van der Waals surface area contributed by atoms with Crippen molar-refractivity contribution in [3.8, 4) is 0 Å². The summed E-state index contributed by atoms with van der Waals surface area (Å²) in [6.07, 6.45) is 0. The molecule has 0 N–H and O–H groups in total. The van der Waals surface area contributed by atoms with E-state index in [1.165, 1.54) is 5.56 Å². The SMILES string of the molecule is Cc1ccsc1[S]. The lowest BCUT2D eigenvalue weighted by Gasteiger charge is -1.76. The molecule has 0 amide bonds. The van der Waals surface area contributed by atoms with Gasteiger partial charge in [0.25, 0.3) is 0 Å². The molecule has 2 heteroatoms. The van der Waals surface area contributed by atoms with Gasteiger partial charge in [0, 0.05) is 0 Å². The van der Waals surface area contributed by atoms with E-state index >= 15 is 0 Å². The highest BCUT2D eigenvalue weighted by atomic mass is 32.2. The van der Waals surface area contributed by atoms with Crippen molar-refractivity contribution in [2.75, 3.05) is 0 Å². The Hall–Kier alpha value is -0.0800. The number of rotatable bonds is 0. The molecule has 0 aromatic carbocycles. The maximum Gasteiger partial charge on any atom is 0.0928 e. The molecule has 0 saturated heterocycles. The summed E-state index contributed by atoms with van der Waals surface area (Å²) in [5.74, 6) is 0. The molecule has 0 aliphatic heterocycles. The van der Waals surface area contributed by atoms with E-state index in [2.05, 4.69) is 0 Å². The fraction of sp³-hybridized carbons (Fsp3) is 0.200. The first-order chi connectivity index (χ1) is 3.30. The summed E-state index contributed by atoms with van der Waals surface area (Å²) in [5.41, 5.74) is 1.22. The van der Waals surface area contributed by atoms with Gasteiger partial charge in [-0.15, -0.1) is 11.3 Å². The van der Waals surface area contributed by atoms with Crippen LogP contribution in [0.1, 0.15) is 5.56 Å². The molecule has 0 fully saturated rings. The molecule has 0 atom stereocenters. The number of aryl methyl sites for hydroxylation is 1. The van der Waals surface area contributed by atoms with Crippen molar-refractivity contribution in [3.63, 3.8) is 0 Å². The molecule has 0 nitrogen and oxygen atoms in total. The molecule has 1 aromatic heterocycles. The minimum absolute atomic E-state index is 1.01. The second-order valence-electron chi connectivity index (χ2n) is 1.39. The van der Waals surface area contributed by atoms with Gasteiger partial charge in [-0.3, -0.25) is 0 Å². The average Bonchev–Trinajstić information content (AvgIpc) is 1.91. The predicted octanol–water partition coefficient (Wildman–Crippen LogP) is 2.61. The number of hydrogen-bond donors (Lipinski definition) is 0. The highest BCUT2D eigenvalue weighted by molar-refractivity contribution is 7.82. The second kappa shape index (κ2) is 1.80. The van der Waals surface area contributed by atoms with Crippen LogP contribution in [0, 0.1) is 6.92 Å². The van der Waals surface area contributed by atoms with Crippen LogP contribution in [0.2, 0.25) is 0 Å². The third-order valence-electron chi connectivity index (χ3n) is 0.815. The number of thiophene rings is 1. The lowest BCUT2D eigenvalue weighted by Crippen LogP contribution is -1.56. The van der Waals surface area contributed by atoms with E-state index in [1.54, 1.807) is 11.3 Å². The fourth-order valence-electron chi connectivity index (χ4n) is 0.359. The quantitative estimate of drug-likeness (QED) is 0.505. The van der Waals surface area contributed by atoms with Crippen LogP contribution in [0.25, 0.3) is 0 Å². The van der Waals surface area contributed by atoms with Crippen molar-refractivity contribution in [2.24, 2.45) is 0 Å². The van der Waals surface area contributed by atoms with Gasteiger partial charge in [0.15, 0.2) is 0 Å². The summed E-state index contributed by atoms with van der Waals surface area (Å²) in [4.78, 5) is 0. The van der Waals surface area contributed by atoms with Crippen molar-refractivity contribution in [1.82, 2.24) is 0 Å². The molecule has 7 heavy (non-hydrogen) atoms. The molecular formula is C5H5S2. The maximum absolute atomic E-state index is 4.91. The monoisotopic (exact) mass is 129 g/mol. The molecule has 0 aliphatic carbocycles.